The molecule has 0 aliphatic heterocycles. The fraction of sp³-hybridized carbons (Fsp3) is 0.231. The molecule has 1 amide bonds. The fourth-order valence-electron chi connectivity index (χ4n) is 2.02. The third-order valence-corrected chi connectivity index (χ3v) is 2.79. The summed E-state index contributed by atoms with van der Waals surface area (Å²) < 4.78 is 0. The maximum Gasteiger partial charge on any atom is 0.293 e. The molecule has 4 heteroatoms. The number of nitrogens with zero attached hydrogens (tertiary/aromatic N) is 1. The highest BCUT2D eigenvalue weighted by atomic mass is 16.5. The second-order valence-corrected chi connectivity index (χ2v) is 4.24. The van der Waals surface area contributed by atoms with Gasteiger partial charge in [0.1, 0.15) is 5.69 Å². The smallest absolute Gasteiger partial charge is 0.288 e. The molecule has 0 radical (unpaired) electrons. The van der Waals surface area contributed by atoms with Crippen LogP contribution in [0.2, 0.25) is 0 Å². The molecule has 2 N–H and O–H groups in total. The van der Waals surface area contributed by atoms with E-state index in [1.807, 2.05) is 32.9 Å². The normalized spacial score (nSPS) is 10.6. The Morgan fingerprint density at radius 1 is 1.18 bits per heavy atom. The highest BCUT2D eigenvalue weighted by Crippen LogP contribution is 2.22. The second-order valence-electron chi connectivity index (χ2n) is 4.24. The van der Waals surface area contributed by atoms with Crippen molar-refractivity contribution in [2.75, 3.05) is 0 Å². The molecular weight excluding hydrogens is 216 g/mol. The van der Waals surface area contributed by atoms with Gasteiger partial charge in [-0.2, -0.15) is 0 Å². The fourth-order valence-corrected chi connectivity index (χ4v) is 2.02. The Morgan fingerprint density at radius 3 is 2.53 bits per heavy atom. The molecule has 88 valence electrons. The van der Waals surface area contributed by atoms with Crippen LogP contribution in [0.3, 0.4) is 0 Å². The maximum absolute atomic E-state index is 11.4. The van der Waals surface area contributed by atoms with Gasteiger partial charge in [0, 0.05) is 5.39 Å². The van der Waals surface area contributed by atoms with E-state index in [1.54, 1.807) is 11.5 Å². The van der Waals surface area contributed by atoms with Gasteiger partial charge in [-0.1, -0.05) is 11.6 Å². The van der Waals surface area contributed by atoms with Crippen LogP contribution in [0.5, 0.6) is 0 Å². The topological polar surface area (TPSA) is 62.2 Å². The summed E-state index contributed by atoms with van der Waals surface area (Å²) in [5.74, 6) is -0.588. The number of hydrogen-bond acceptors (Lipinski definition) is 3. The van der Waals surface area contributed by atoms with E-state index in [2.05, 4.69) is 4.98 Å². The van der Waals surface area contributed by atoms with Crippen LogP contribution in [0.1, 0.15) is 27.2 Å². The molecule has 0 atom stereocenters. The number of carbonyl (C=O) groups is 1. The molecule has 2 rings (SSSR count). The van der Waals surface area contributed by atoms with Gasteiger partial charge < -0.3 is 0 Å². The summed E-state index contributed by atoms with van der Waals surface area (Å²) in [4.78, 5) is 15.6. The van der Waals surface area contributed by atoms with E-state index < -0.39 is 5.91 Å². The van der Waals surface area contributed by atoms with Crippen molar-refractivity contribution in [3.8, 4) is 0 Å². The Kier molecular flexibility index (Phi) is 2.81. The van der Waals surface area contributed by atoms with Gasteiger partial charge in [-0.25, -0.2) is 10.5 Å². The molecule has 0 aliphatic carbocycles. The number of aromatic nitrogens is 1. The van der Waals surface area contributed by atoms with Gasteiger partial charge in [-0.05, 0) is 44.0 Å². The second kappa shape index (κ2) is 4.14. The van der Waals surface area contributed by atoms with E-state index in [0.29, 0.717) is 0 Å². The monoisotopic (exact) mass is 230 g/mol. The van der Waals surface area contributed by atoms with Crippen molar-refractivity contribution in [1.82, 2.24) is 10.5 Å². The molecule has 4 nitrogen and oxygen atoms in total. The first kappa shape index (κ1) is 11.5. The largest absolute Gasteiger partial charge is 0.293 e. The third-order valence-electron chi connectivity index (χ3n) is 2.79. The molecule has 1 aromatic carbocycles. The summed E-state index contributed by atoms with van der Waals surface area (Å²) in [5.41, 5.74) is 5.79. The number of fused-ring (bicyclic) bond motifs is 1. The Morgan fingerprint density at radius 2 is 1.88 bits per heavy atom. The molecule has 17 heavy (non-hydrogen) atoms. The van der Waals surface area contributed by atoms with Gasteiger partial charge in [0.25, 0.3) is 5.91 Å². The van der Waals surface area contributed by atoms with Crippen molar-refractivity contribution < 1.29 is 10.0 Å². The van der Waals surface area contributed by atoms with Crippen LogP contribution in [-0.4, -0.2) is 16.1 Å². The molecule has 1 aromatic heterocycles. The zero-order valence-electron chi connectivity index (χ0n) is 10.0. The quantitative estimate of drug-likeness (QED) is 0.583. The zero-order valence-corrected chi connectivity index (χ0v) is 10.0. The van der Waals surface area contributed by atoms with Gasteiger partial charge >= 0.3 is 0 Å². The maximum atomic E-state index is 11.4. The Bertz CT molecular complexity index is 606. The Hall–Kier alpha value is -1.94. The van der Waals surface area contributed by atoms with Gasteiger partial charge in [0.2, 0.25) is 0 Å². The Labute approximate surface area is 99.3 Å². The van der Waals surface area contributed by atoms with Crippen molar-refractivity contribution >= 4 is 16.8 Å². The molecule has 0 fully saturated rings. The molecule has 0 saturated carbocycles. The van der Waals surface area contributed by atoms with Crippen LogP contribution in [0.15, 0.2) is 18.2 Å². The van der Waals surface area contributed by atoms with Gasteiger partial charge in [-0.3, -0.25) is 10.0 Å². The lowest BCUT2D eigenvalue weighted by atomic mass is 10.0. The lowest BCUT2D eigenvalue weighted by Gasteiger charge is -2.08. The first-order valence-corrected chi connectivity index (χ1v) is 5.36. The number of amides is 1. The average molecular weight is 230 g/mol. The minimum atomic E-state index is -0.588. The summed E-state index contributed by atoms with van der Waals surface area (Å²) in [6.07, 6.45) is 0. The molecule has 2 aromatic rings. The van der Waals surface area contributed by atoms with Crippen LogP contribution in [0.4, 0.5) is 0 Å². The molecule has 0 aliphatic rings. The number of carbonyl (C=O) groups excluding carboxylic acids is 1. The van der Waals surface area contributed by atoms with E-state index >= 15 is 0 Å². The van der Waals surface area contributed by atoms with Crippen LogP contribution >= 0.6 is 0 Å². The SMILES string of the molecule is Cc1cc(C)c2nc(C(=O)NO)cc(C)c2c1. The van der Waals surface area contributed by atoms with Gasteiger partial charge in [0.15, 0.2) is 0 Å². The summed E-state index contributed by atoms with van der Waals surface area (Å²) in [7, 11) is 0. The van der Waals surface area contributed by atoms with Crippen LogP contribution in [0, 0.1) is 20.8 Å². The van der Waals surface area contributed by atoms with E-state index in [1.165, 1.54) is 5.56 Å². The van der Waals surface area contributed by atoms with Crippen LogP contribution in [0.25, 0.3) is 10.9 Å². The minimum absolute atomic E-state index is 0.226. The zero-order chi connectivity index (χ0) is 12.6. The van der Waals surface area contributed by atoms with E-state index in [-0.39, 0.29) is 5.69 Å². The highest BCUT2D eigenvalue weighted by Gasteiger charge is 2.11. The van der Waals surface area contributed by atoms with E-state index in [9.17, 15) is 4.79 Å². The van der Waals surface area contributed by atoms with Crippen LogP contribution in [-0.2, 0) is 0 Å². The van der Waals surface area contributed by atoms with Gasteiger partial charge in [-0.15, -0.1) is 0 Å². The van der Waals surface area contributed by atoms with Crippen LogP contribution < -0.4 is 5.48 Å². The molecule has 1 heterocycles. The first-order valence-electron chi connectivity index (χ1n) is 5.36. The number of hydroxylamine groups is 1. The first-order chi connectivity index (χ1) is 8.02. The average Bonchev–Trinajstić information content (AvgIpc) is 2.29. The van der Waals surface area contributed by atoms with Crippen molar-refractivity contribution in [2.24, 2.45) is 0 Å². The minimum Gasteiger partial charge on any atom is -0.288 e. The van der Waals surface area contributed by atoms with Crippen molar-refractivity contribution in [2.45, 2.75) is 20.8 Å². The number of nitrogens with one attached hydrogen (secondary N) is 1. The van der Waals surface area contributed by atoms with Crippen molar-refractivity contribution in [3.05, 3.63) is 40.6 Å². The molecule has 0 spiro atoms. The highest BCUT2D eigenvalue weighted by molar-refractivity contribution is 5.96. The number of pyridine rings is 1. The van der Waals surface area contributed by atoms with Crippen molar-refractivity contribution in [3.63, 3.8) is 0 Å². The molecular formula is C13H14N2O2. The lowest BCUT2D eigenvalue weighted by molar-refractivity contribution is 0.0701. The molecule has 0 bridgehead atoms. The third kappa shape index (κ3) is 1.99. The number of aryl methyl sites for hydroxylation is 3. The lowest BCUT2D eigenvalue weighted by Crippen LogP contribution is -2.20. The number of benzene rings is 1. The predicted octanol–water partition coefficient (Wildman–Crippen LogP) is 2.28. The summed E-state index contributed by atoms with van der Waals surface area (Å²) >= 11 is 0. The molecule has 0 saturated heterocycles. The molecule has 0 unspecified atom stereocenters. The summed E-state index contributed by atoms with van der Waals surface area (Å²) in [5, 5.41) is 9.66. The van der Waals surface area contributed by atoms with E-state index in [0.717, 1.165) is 22.0 Å². The van der Waals surface area contributed by atoms with E-state index in [4.69, 9.17) is 5.21 Å². The standard InChI is InChI=1S/C13H14N2O2/c1-7-4-9(3)12-10(5-7)8(2)6-11(14-12)13(16)15-17/h4-6,17H,1-3H3,(H,15,16). The summed E-state index contributed by atoms with van der Waals surface area (Å²) in [6.45, 7) is 5.92. The predicted molar refractivity (Wildman–Crippen MR) is 65.2 cm³/mol. The summed E-state index contributed by atoms with van der Waals surface area (Å²) in [6, 6.07) is 5.74. The number of rotatable bonds is 1. The Balaban J connectivity index is 2.77. The van der Waals surface area contributed by atoms with Crippen molar-refractivity contribution in [1.29, 1.82) is 0 Å². The number of hydrogen-bond donors (Lipinski definition) is 2. The van der Waals surface area contributed by atoms with Gasteiger partial charge in [0.05, 0.1) is 5.52 Å².